The van der Waals surface area contributed by atoms with E-state index in [1.165, 1.54) is 6.07 Å². The predicted octanol–water partition coefficient (Wildman–Crippen LogP) is 0.482. The van der Waals surface area contributed by atoms with E-state index >= 15 is 0 Å². The van der Waals surface area contributed by atoms with Gasteiger partial charge in [0.1, 0.15) is 0 Å². The third-order valence-corrected chi connectivity index (χ3v) is 1.56. The fraction of sp³-hybridized carbons (Fsp3) is 0.429. The lowest BCUT2D eigenvalue weighted by atomic mass is 10.4. The molecule has 11 heavy (non-hydrogen) atoms. The third kappa shape index (κ3) is 2.08. The van der Waals surface area contributed by atoms with Crippen LogP contribution in [0.4, 0.5) is 0 Å². The maximum atomic E-state index is 11.1. The number of rotatable bonds is 2. The summed E-state index contributed by atoms with van der Waals surface area (Å²) in [5.74, 6) is 0.657. The second kappa shape index (κ2) is 3.57. The van der Waals surface area contributed by atoms with Gasteiger partial charge < -0.3 is 0 Å². The summed E-state index contributed by atoms with van der Waals surface area (Å²) < 4.78 is 1.54. The van der Waals surface area contributed by atoms with Gasteiger partial charge in [0, 0.05) is 24.1 Å². The van der Waals surface area contributed by atoms with Gasteiger partial charge >= 0.3 is 0 Å². The quantitative estimate of drug-likeness (QED) is 0.655. The molecule has 0 bridgehead atoms. The molecule has 60 valence electrons. The Balaban J connectivity index is 3.00. The lowest BCUT2D eigenvalue weighted by Gasteiger charge is -2.00. The second-order valence-corrected chi connectivity index (χ2v) is 2.73. The van der Waals surface area contributed by atoms with E-state index in [0.29, 0.717) is 12.3 Å². The molecule has 1 aromatic rings. The summed E-state index contributed by atoms with van der Waals surface area (Å²) in [5.41, 5.74) is 0.747. The van der Waals surface area contributed by atoms with Gasteiger partial charge in [-0.2, -0.15) is 12.6 Å². The largest absolute Gasteiger partial charge is 0.298 e. The number of nitrogens with zero attached hydrogens (tertiary/aromatic N) is 2. The van der Waals surface area contributed by atoms with Crippen molar-refractivity contribution in [1.29, 1.82) is 0 Å². The summed E-state index contributed by atoms with van der Waals surface area (Å²) in [4.78, 5) is 15.1. The molecular weight excluding hydrogens is 160 g/mol. The van der Waals surface area contributed by atoms with E-state index in [0.717, 1.165) is 5.69 Å². The number of aromatic nitrogens is 2. The van der Waals surface area contributed by atoms with Gasteiger partial charge in [-0.25, -0.2) is 4.98 Å². The van der Waals surface area contributed by atoms with E-state index in [2.05, 4.69) is 17.6 Å². The number of hydrogen-bond donors (Lipinski definition) is 1. The average molecular weight is 170 g/mol. The van der Waals surface area contributed by atoms with Gasteiger partial charge in [-0.05, 0) is 6.92 Å². The van der Waals surface area contributed by atoms with Crippen LogP contribution in [0.1, 0.15) is 5.69 Å². The lowest BCUT2D eigenvalue weighted by Crippen LogP contribution is -2.20. The Morgan fingerprint density at radius 1 is 1.73 bits per heavy atom. The zero-order valence-corrected chi connectivity index (χ0v) is 7.21. The summed E-state index contributed by atoms with van der Waals surface area (Å²) in [6, 6.07) is 1.52. The first-order chi connectivity index (χ1) is 5.24. The smallest absolute Gasteiger partial charge is 0.253 e. The van der Waals surface area contributed by atoms with E-state index in [1.807, 2.05) is 0 Å². The molecular formula is C7H10N2OS. The summed E-state index contributed by atoms with van der Waals surface area (Å²) >= 11 is 4.02. The molecule has 0 amide bonds. The van der Waals surface area contributed by atoms with Gasteiger partial charge in [0.15, 0.2) is 0 Å². The Morgan fingerprint density at radius 2 is 2.45 bits per heavy atom. The highest BCUT2D eigenvalue weighted by atomic mass is 32.1. The fourth-order valence-electron chi connectivity index (χ4n) is 0.792. The van der Waals surface area contributed by atoms with Crippen LogP contribution in [0.15, 0.2) is 17.2 Å². The van der Waals surface area contributed by atoms with Crippen molar-refractivity contribution in [3.05, 3.63) is 28.4 Å². The Bertz CT molecular complexity index is 295. The molecule has 0 fully saturated rings. The second-order valence-electron chi connectivity index (χ2n) is 2.29. The average Bonchev–Trinajstić information content (AvgIpc) is 1.95. The van der Waals surface area contributed by atoms with E-state index in [-0.39, 0.29) is 5.56 Å². The Hall–Kier alpha value is -0.770. The standard InChI is InChI=1S/C7H10N2OS/c1-6-4-7(10)9(2-3-11)5-8-6/h4-5,11H,2-3H2,1H3. The Kier molecular flexibility index (Phi) is 2.70. The highest BCUT2D eigenvalue weighted by Crippen LogP contribution is 1.85. The van der Waals surface area contributed by atoms with Crippen molar-refractivity contribution in [3.63, 3.8) is 0 Å². The van der Waals surface area contributed by atoms with Crippen molar-refractivity contribution in [1.82, 2.24) is 9.55 Å². The van der Waals surface area contributed by atoms with Gasteiger partial charge in [0.25, 0.3) is 5.56 Å². The highest BCUT2D eigenvalue weighted by Gasteiger charge is 1.93. The SMILES string of the molecule is Cc1cc(=O)n(CCS)cn1. The molecule has 1 aromatic heterocycles. The first kappa shape index (κ1) is 8.33. The van der Waals surface area contributed by atoms with Gasteiger partial charge in [-0.1, -0.05) is 0 Å². The molecule has 0 aliphatic heterocycles. The molecule has 0 saturated heterocycles. The fourth-order valence-corrected chi connectivity index (χ4v) is 1.01. The zero-order valence-electron chi connectivity index (χ0n) is 6.32. The minimum absolute atomic E-state index is 0.00782. The van der Waals surface area contributed by atoms with Crippen LogP contribution in [0.2, 0.25) is 0 Å². The maximum absolute atomic E-state index is 11.1. The van der Waals surface area contributed by atoms with E-state index in [9.17, 15) is 4.79 Å². The van der Waals surface area contributed by atoms with E-state index in [1.54, 1.807) is 17.8 Å². The minimum atomic E-state index is -0.00782. The van der Waals surface area contributed by atoms with Crippen LogP contribution in [-0.2, 0) is 6.54 Å². The molecule has 1 heterocycles. The van der Waals surface area contributed by atoms with Crippen molar-refractivity contribution in [2.45, 2.75) is 13.5 Å². The summed E-state index contributed by atoms with van der Waals surface area (Å²) in [6.45, 7) is 2.42. The van der Waals surface area contributed by atoms with Crippen molar-refractivity contribution in [3.8, 4) is 0 Å². The molecule has 4 heteroatoms. The lowest BCUT2D eigenvalue weighted by molar-refractivity contribution is 0.710. The highest BCUT2D eigenvalue weighted by molar-refractivity contribution is 7.80. The van der Waals surface area contributed by atoms with Crippen LogP contribution in [-0.4, -0.2) is 15.3 Å². The molecule has 0 radical (unpaired) electrons. The Morgan fingerprint density at radius 3 is 3.00 bits per heavy atom. The van der Waals surface area contributed by atoms with Crippen LogP contribution in [0, 0.1) is 6.92 Å². The van der Waals surface area contributed by atoms with Crippen molar-refractivity contribution in [2.75, 3.05) is 5.75 Å². The molecule has 3 nitrogen and oxygen atoms in total. The zero-order chi connectivity index (χ0) is 8.27. The van der Waals surface area contributed by atoms with Gasteiger partial charge in [-0.15, -0.1) is 0 Å². The molecule has 0 spiro atoms. The van der Waals surface area contributed by atoms with Crippen LogP contribution >= 0.6 is 12.6 Å². The van der Waals surface area contributed by atoms with Crippen molar-refractivity contribution in [2.24, 2.45) is 0 Å². The topological polar surface area (TPSA) is 34.9 Å². The molecule has 0 aromatic carbocycles. The molecule has 0 N–H and O–H groups in total. The first-order valence-electron chi connectivity index (χ1n) is 3.38. The summed E-state index contributed by atoms with van der Waals surface area (Å²) in [5, 5.41) is 0. The van der Waals surface area contributed by atoms with Crippen LogP contribution in [0.3, 0.4) is 0 Å². The molecule has 0 atom stereocenters. The monoisotopic (exact) mass is 170 g/mol. The normalized spacial score (nSPS) is 10.0. The molecule has 1 rings (SSSR count). The molecule has 0 unspecified atom stereocenters. The van der Waals surface area contributed by atoms with Crippen LogP contribution < -0.4 is 5.56 Å². The van der Waals surface area contributed by atoms with E-state index in [4.69, 9.17) is 0 Å². The summed E-state index contributed by atoms with van der Waals surface area (Å²) in [6.07, 6.45) is 1.55. The maximum Gasteiger partial charge on any atom is 0.253 e. The van der Waals surface area contributed by atoms with Crippen LogP contribution in [0.25, 0.3) is 0 Å². The number of thiol groups is 1. The molecule has 0 aliphatic carbocycles. The minimum Gasteiger partial charge on any atom is -0.298 e. The van der Waals surface area contributed by atoms with Crippen molar-refractivity contribution >= 4 is 12.6 Å². The van der Waals surface area contributed by atoms with Gasteiger partial charge in [0.05, 0.1) is 6.33 Å². The number of aryl methyl sites for hydroxylation is 2. The first-order valence-corrected chi connectivity index (χ1v) is 4.01. The summed E-state index contributed by atoms with van der Waals surface area (Å²) in [7, 11) is 0. The number of hydrogen-bond acceptors (Lipinski definition) is 3. The van der Waals surface area contributed by atoms with Gasteiger partial charge in [-0.3, -0.25) is 9.36 Å². The molecule has 0 aliphatic rings. The third-order valence-electron chi connectivity index (χ3n) is 1.36. The van der Waals surface area contributed by atoms with Crippen LogP contribution in [0.5, 0.6) is 0 Å². The van der Waals surface area contributed by atoms with Gasteiger partial charge in [0.2, 0.25) is 0 Å². The van der Waals surface area contributed by atoms with E-state index < -0.39 is 0 Å². The molecule has 0 saturated carbocycles. The Labute approximate surface area is 70.5 Å². The predicted molar refractivity (Wildman–Crippen MR) is 47.1 cm³/mol. The van der Waals surface area contributed by atoms with Crippen molar-refractivity contribution < 1.29 is 0 Å².